The molecule has 0 fully saturated rings. The predicted molar refractivity (Wildman–Crippen MR) is 184 cm³/mol. The van der Waals surface area contributed by atoms with E-state index < -0.39 is 0 Å². The molecule has 0 radical (unpaired) electrons. The molecule has 0 atom stereocenters. The Hall–Kier alpha value is -2.84. The molecule has 0 amide bonds. The predicted octanol–water partition coefficient (Wildman–Crippen LogP) is 11.2. The monoisotopic (exact) mass is 574 g/mol. The van der Waals surface area contributed by atoms with Crippen molar-refractivity contribution in [2.75, 3.05) is 0 Å². The third-order valence-corrected chi connectivity index (χ3v) is 9.78. The van der Waals surface area contributed by atoms with E-state index in [0.717, 1.165) is 19.3 Å². The van der Waals surface area contributed by atoms with Gasteiger partial charge in [-0.25, -0.2) is 4.57 Å². The molecule has 4 aromatic carbocycles. The van der Waals surface area contributed by atoms with E-state index in [4.69, 9.17) is 0 Å². The summed E-state index contributed by atoms with van der Waals surface area (Å²) in [6, 6.07) is 19.3. The second-order valence-electron chi connectivity index (χ2n) is 16.5. The molecule has 0 bridgehead atoms. The van der Waals surface area contributed by atoms with Crippen LogP contribution in [0.2, 0.25) is 0 Å². The molecule has 1 aliphatic rings. The van der Waals surface area contributed by atoms with Crippen molar-refractivity contribution in [3.8, 4) is 11.3 Å². The fourth-order valence-corrected chi connectivity index (χ4v) is 8.45. The lowest BCUT2D eigenvalue weighted by molar-refractivity contribution is -0.659. The highest BCUT2D eigenvalue weighted by molar-refractivity contribution is 8.00. The van der Waals surface area contributed by atoms with Gasteiger partial charge >= 0.3 is 0 Å². The van der Waals surface area contributed by atoms with Crippen LogP contribution in [0.3, 0.4) is 0 Å². The van der Waals surface area contributed by atoms with Crippen LogP contribution >= 0.6 is 11.8 Å². The zero-order valence-corrected chi connectivity index (χ0v) is 28.5. The van der Waals surface area contributed by atoms with E-state index in [1.807, 2.05) is 11.8 Å². The van der Waals surface area contributed by atoms with Crippen LogP contribution in [0, 0.1) is 23.2 Å². The van der Waals surface area contributed by atoms with Crippen molar-refractivity contribution >= 4 is 44.1 Å². The minimum atomic E-state index is 0.182. The number of fused-ring (bicyclic) bond motifs is 5. The number of aromatic nitrogens is 1. The number of benzene rings is 4. The first-order chi connectivity index (χ1) is 19.5. The van der Waals surface area contributed by atoms with E-state index >= 15 is 0 Å². The third kappa shape index (κ3) is 5.37. The first-order valence-electron chi connectivity index (χ1n) is 15.6. The van der Waals surface area contributed by atoms with Crippen LogP contribution in [0.4, 0.5) is 0 Å². The van der Waals surface area contributed by atoms with E-state index in [9.17, 15) is 0 Å². The molecular weight excluding hydrogens is 527 g/mol. The molecule has 1 aromatic heterocycles. The van der Waals surface area contributed by atoms with Gasteiger partial charge in [-0.3, -0.25) is 0 Å². The summed E-state index contributed by atoms with van der Waals surface area (Å²) in [4.78, 5) is 2.84. The Labute approximate surface area is 257 Å². The van der Waals surface area contributed by atoms with Crippen LogP contribution in [0.5, 0.6) is 0 Å². The van der Waals surface area contributed by atoms with Crippen molar-refractivity contribution in [2.45, 2.75) is 98.3 Å². The number of nitrogens with zero attached hydrogens (tertiary/aromatic N) is 1. The van der Waals surface area contributed by atoms with Crippen LogP contribution in [-0.4, -0.2) is 0 Å². The Morgan fingerprint density at radius 1 is 0.643 bits per heavy atom. The maximum atomic E-state index is 2.50. The molecule has 218 valence electrons. The van der Waals surface area contributed by atoms with E-state index in [2.05, 4.69) is 136 Å². The van der Waals surface area contributed by atoms with E-state index in [0.29, 0.717) is 0 Å². The molecule has 0 saturated heterocycles. The third-order valence-electron chi connectivity index (χ3n) is 8.58. The van der Waals surface area contributed by atoms with Crippen LogP contribution in [0.1, 0.15) is 84.6 Å². The quantitative estimate of drug-likeness (QED) is 0.150. The lowest BCUT2D eigenvalue weighted by Gasteiger charge is -2.28. The van der Waals surface area contributed by atoms with E-state index in [1.165, 1.54) is 75.6 Å². The minimum absolute atomic E-state index is 0.182. The van der Waals surface area contributed by atoms with Gasteiger partial charge in [0.1, 0.15) is 7.05 Å². The van der Waals surface area contributed by atoms with Gasteiger partial charge in [0.25, 0.3) is 0 Å². The number of rotatable bonds is 3. The van der Waals surface area contributed by atoms with Crippen molar-refractivity contribution in [3.05, 3.63) is 77.0 Å². The molecule has 0 aliphatic carbocycles. The second kappa shape index (κ2) is 9.84. The van der Waals surface area contributed by atoms with Crippen molar-refractivity contribution in [1.82, 2.24) is 0 Å². The smallest absolute Gasteiger partial charge is 0.200 e. The average molecular weight is 575 g/mol. The molecule has 6 rings (SSSR count). The molecule has 2 heteroatoms. The summed E-state index contributed by atoms with van der Waals surface area (Å²) in [6.45, 7) is 23.5. The van der Waals surface area contributed by atoms with Gasteiger partial charge in [0.05, 0.1) is 10.9 Å². The highest BCUT2D eigenvalue weighted by Gasteiger charge is 2.33. The van der Waals surface area contributed by atoms with Gasteiger partial charge in [-0.2, -0.15) is 0 Å². The van der Waals surface area contributed by atoms with Gasteiger partial charge in [0, 0.05) is 21.2 Å². The number of pyridine rings is 1. The van der Waals surface area contributed by atoms with Crippen LogP contribution < -0.4 is 4.57 Å². The molecule has 42 heavy (non-hydrogen) atoms. The summed E-state index contributed by atoms with van der Waals surface area (Å²) in [5, 5.41) is 8.35. The summed E-state index contributed by atoms with van der Waals surface area (Å²) < 4.78 is 2.38. The van der Waals surface area contributed by atoms with Gasteiger partial charge in [0.2, 0.25) is 5.69 Å². The topological polar surface area (TPSA) is 3.88 Å². The van der Waals surface area contributed by atoms with Crippen molar-refractivity contribution in [2.24, 2.45) is 23.3 Å². The average Bonchev–Trinajstić information content (AvgIpc) is 2.85. The van der Waals surface area contributed by atoms with Crippen LogP contribution in [-0.2, 0) is 26.3 Å². The summed E-state index contributed by atoms with van der Waals surface area (Å²) in [5.41, 5.74) is 9.28. The largest absolute Gasteiger partial charge is 0.222 e. The first kappa shape index (κ1) is 29.2. The van der Waals surface area contributed by atoms with Gasteiger partial charge in [-0.1, -0.05) is 110 Å². The first-order valence-corrected chi connectivity index (χ1v) is 16.5. The van der Waals surface area contributed by atoms with Crippen LogP contribution in [0.15, 0.2) is 64.5 Å². The Kier molecular flexibility index (Phi) is 6.85. The normalized spacial score (nSPS) is 13.8. The molecule has 2 heterocycles. The Morgan fingerprint density at radius 3 is 1.86 bits per heavy atom. The Balaban J connectivity index is 1.70. The molecule has 0 spiro atoms. The zero-order valence-electron chi connectivity index (χ0n) is 27.7. The number of hydrogen-bond acceptors (Lipinski definition) is 1. The molecule has 1 nitrogen and oxygen atoms in total. The van der Waals surface area contributed by atoms with Gasteiger partial charge in [-0.15, -0.1) is 0 Å². The van der Waals surface area contributed by atoms with Crippen molar-refractivity contribution in [1.29, 1.82) is 0 Å². The van der Waals surface area contributed by atoms with Crippen molar-refractivity contribution < 1.29 is 4.57 Å². The minimum Gasteiger partial charge on any atom is -0.200 e. The Morgan fingerprint density at radius 2 is 1.24 bits per heavy atom. The number of hydrogen-bond donors (Lipinski definition) is 0. The molecule has 0 N–H and O–H groups in total. The summed E-state index contributed by atoms with van der Waals surface area (Å²) >= 11 is 2.01. The molecular formula is C40H48NS+. The maximum Gasteiger partial charge on any atom is 0.222 e. The van der Waals surface area contributed by atoms with Gasteiger partial charge < -0.3 is 0 Å². The standard InChI is InChI=1S/C40H48NS/c1-24-30-18-26(22-39(5,6)7)13-15-28(30)32(23-40(8,9)10)37-34(24)36-35-29(16-17-41(36)11)31-19-25(21-38(2,3)4)12-14-27(31)20-33(35)42-37/h12-20H,21-23H2,1-11H3/q+1. The fourth-order valence-electron chi connectivity index (χ4n) is 7.08. The molecule has 0 unspecified atom stereocenters. The fraction of sp³-hybridized carbons (Fsp3) is 0.425. The van der Waals surface area contributed by atoms with Gasteiger partial charge in [-0.05, 0) is 92.3 Å². The lowest BCUT2D eigenvalue weighted by atomic mass is 9.81. The highest BCUT2D eigenvalue weighted by Crippen LogP contribution is 2.53. The summed E-state index contributed by atoms with van der Waals surface area (Å²) in [7, 11) is 2.24. The van der Waals surface area contributed by atoms with E-state index in [1.54, 1.807) is 0 Å². The summed E-state index contributed by atoms with van der Waals surface area (Å²) in [6.07, 6.45) is 5.50. The maximum absolute atomic E-state index is 2.50. The lowest BCUT2D eigenvalue weighted by Crippen LogP contribution is -2.32. The molecule has 5 aromatic rings. The van der Waals surface area contributed by atoms with Crippen molar-refractivity contribution in [3.63, 3.8) is 0 Å². The summed E-state index contributed by atoms with van der Waals surface area (Å²) in [5.74, 6) is 0. The Bertz CT molecular complexity index is 1890. The molecule has 0 saturated carbocycles. The molecule has 1 aliphatic heterocycles. The van der Waals surface area contributed by atoms with Crippen LogP contribution in [0.25, 0.3) is 43.6 Å². The van der Waals surface area contributed by atoms with Gasteiger partial charge in [0.15, 0.2) is 6.20 Å². The SMILES string of the molecule is Cc1c2c(c(CC(C)(C)C)c3ccc(CC(C)(C)C)cc13)Sc1cc3ccc(CC(C)(C)C)cc3c3cc[n+](C)c-2c13. The number of aryl methyl sites for hydroxylation is 2. The van der Waals surface area contributed by atoms with E-state index in [-0.39, 0.29) is 16.2 Å². The zero-order chi connectivity index (χ0) is 30.4. The second-order valence-corrected chi connectivity index (χ2v) is 17.5. The highest BCUT2D eigenvalue weighted by atomic mass is 32.2.